The molecule has 2 aromatic carbocycles. The Kier molecular flexibility index (Phi) is 3.85. The van der Waals surface area contributed by atoms with Crippen LogP contribution in [0.1, 0.15) is 5.56 Å². The summed E-state index contributed by atoms with van der Waals surface area (Å²) in [6, 6.07) is 16.8. The zero-order valence-corrected chi connectivity index (χ0v) is 13.5. The Bertz CT molecular complexity index is 767. The van der Waals surface area contributed by atoms with Crippen LogP contribution < -0.4 is 0 Å². The molecule has 1 saturated heterocycles. The molecule has 1 N–H and O–H groups in total. The molecule has 3 aromatic rings. The van der Waals surface area contributed by atoms with Crippen LogP contribution in [0.4, 0.5) is 0 Å². The van der Waals surface area contributed by atoms with E-state index in [4.69, 9.17) is 4.98 Å². The number of rotatable bonds is 3. The van der Waals surface area contributed by atoms with Gasteiger partial charge in [-0.2, -0.15) is 0 Å². The van der Waals surface area contributed by atoms with E-state index >= 15 is 0 Å². The van der Waals surface area contributed by atoms with Crippen molar-refractivity contribution in [2.24, 2.45) is 0 Å². The lowest BCUT2D eigenvalue weighted by atomic mass is 10.1. The predicted molar refractivity (Wildman–Crippen MR) is 94.3 cm³/mol. The van der Waals surface area contributed by atoms with Crippen molar-refractivity contribution < 1.29 is 0 Å². The Morgan fingerprint density at radius 3 is 2.52 bits per heavy atom. The number of nitrogens with one attached hydrogen (secondary N) is 1. The number of benzene rings is 2. The zero-order chi connectivity index (χ0) is 15.6. The summed E-state index contributed by atoms with van der Waals surface area (Å²) in [6.07, 6.45) is 0. The first-order chi connectivity index (χ1) is 11.3. The number of fused-ring (bicyclic) bond motifs is 1. The number of para-hydroxylation sites is 2. The molecule has 23 heavy (non-hydrogen) atoms. The summed E-state index contributed by atoms with van der Waals surface area (Å²) in [7, 11) is 2.19. The second-order valence-electron chi connectivity index (χ2n) is 6.34. The van der Waals surface area contributed by atoms with Crippen molar-refractivity contribution in [3.05, 3.63) is 54.1 Å². The van der Waals surface area contributed by atoms with Crippen LogP contribution in [0.5, 0.6) is 0 Å². The van der Waals surface area contributed by atoms with Crippen LogP contribution in [0, 0.1) is 0 Å². The average molecular weight is 306 g/mol. The molecule has 1 fully saturated rings. The van der Waals surface area contributed by atoms with E-state index in [9.17, 15) is 0 Å². The highest BCUT2D eigenvalue weighted by atomic mass is 15.2. The van der Waals surface area contributed by atoms with E-state index < -0.39 is 0 Å². The molecule has 1 aromatic heterocycles. The van der Waals surface area contributed by atoms with E-state index in [1.807, 2.05) is 12.1 Å². The highest BCUT2D eigenvalue weighted by Crippen LogP contribution is 2.25. The maximum absolute atomic E-state index is 4.77. The van der Waals surface area contributed by atoms with Gasteiger partial charge in [-0.25, -0.2) is 4.98 Å². The summed E-state index contributed by atoms with van der Waals surface area (Å²) in [4.78, 5) is 13.1. The summed E-state index contributed by atoms with van der Waals surface area (Å²) in [5.41, 5.74) is 4.67. The minimum absolute atomic E-state index is 0.968. The standard InChI is InChI=1S/C19H22N4/c1-22-10-12-23(13-11-22)14-15-6-2-3-7-16(15)19-20-17-8-4-5-9-18(17)21-19/h2-9H,10-14H2,1H3,(H,20,21). The summed E-state index contributed by atoms with van der Waals surface area (Å²) >= 11 is 0. The van der Waals surface area contributed by atoms with Crippen LogP contribution in [0.2, 0.25) is 0 Å². The smallest absolute Gasteiger partial charge is 0.138 e. The Morgan fingerprint density at radius 1 is 0.957 bits per heavy atom. The number of H-pyrrole nitrogens is 1. The van der Waals surface area contributed by atoms with E-state index in [0.29, 0.717) is 0 Å². The van der Waals surface area contributed by atoms with E-state index in [0.717, 1.165) is 49.6 Å². The van der Waals surface area contributed by atoms with Crippen LogP contribution in [-0.2, 0) is 6.54 Å². The van der Waals surface area contributed by atoms with Crippen molar-refractivity contribution >= 4 is 11.0 Å². The van der Waals surface area contributed by atoms with Gasteiger partial charge in [0, 0.05) is 38.3 Å². The second-order valence-corrected chi connectivity index (χ2v) is 6.34. The number of hydrogen-bond donors (Lipinski definition) is 1. The van der Waals surface area contributed by atoms with E-state index in [2.05, 4.69) is 58.2 Å². The fraction of sp³-hybridized carbons (Fsp3) is 0.316. The number of likely N-dealkylation sites (N-methyl/N-ethyl adjacent to an activating group) is 1. The Hall–Kier alpha value is -2.17. The third-order valence-corrected chi connectivity index (χ3v) is 4.65. The van der Waals surface area contributed by atoms with Crippen LogP contribution in [0.15, 0.2) is 48.5 Å². The summed E-state index contributed by atoms with van der Waals surface area (Å²) < 4.78 is 0. The molecule has 0 radical (unpaired) electrons. The largest absolute Gasteiger partial charge is 0.338 e. The molecule has 0 aliphatic carbocycles. The van der Waals surface area contributed by atoms with Crippen molar-refractivity contribution in [3.8, 4) is 11.4 Å². The normalized spacial score (nSPS) is 16.9. The van der Waals surface area contributed by atoms with Gasteiger partial charge in [0.1, 0.15) is 5.82 Å². The first kappa shape index (κ1) is 14.4. The molecule has 1 aliphatic heterocycles. The number of nitrogens with zero attached hydrogens (tertiary/aromatic N) is 3. The zero-order valence-electron chi connectivity index (χ0n) is 13.5. The van der Waals surface area contributed by atoms with Gasteiger partial charge in [-0.15, -0.1) is 0 Å². The van der Waals surface area contributed by atoms with Gasteiger partial charge in [-0.1, -0.05) is 36.4 Å². The third-order valence-electron chi connectivity index (χ3n) is 4.65. The van der Waals surface area contributed by atoms with Gasteiger partial charge in [-0.05, 0) is 24.7 Å². The van der Waals surface area contributed by atoms with Gasteiger partial charge in [0.05, 0.1) is 11.0 Å². The maximum Gasteiger partial charge on any atom is 0.138 e. The summed E-state index contributed by atoms with van der Waals surface area (Å²) in [6.45, 7) is 5.54. The molecular weight excluding hydrogens is 284 g/mol. The molecular formula is C19H22N4. The van der Waals surface area contributed by atoms with Crippen molar-refractivity contribution in [2.75, 3.05) is 33.2 Å². The first-order valence-electron chi connectivity index (χ1n) is 8.23. The second kappa shape index (κ2) is 6.14. The highest BCUT2D eigenvalue weighted by molar-refractivity contribution is 5.79. The molecule has 4 heteroatoms. The maximum atomic E-state index is 4.77. The van der Waals surface area contributed by atoms with E-state index in [-0.39, 0.29) is 0 Å². The number of aromatic amines is 1. The lowest BCUT2D eigenvalue weighted by Crippen LogP contribution is -2.43. The molecule has 0 amide bonds. The number of hydrogen-bond acceptors (Lipinski definition) is 3. The fourth-order valence-electron chi connectivity index (χ4n) is 3.22. The van der Waals surface area contributed by atoms with E-state index in [1.165, 1.54) is 11.1 Å². The van der Waals surface area contributed by atoms with Gasteiger partial charge in [0.15, 0.2) is 0 Å². The quantitative estimate of drug-likeness (QED) is 0.808. The molecule has 1 aliphatic rings. The highest BCUT2D eigenvalue weighted by Gasteiger charge is 2.16. The van der Waals surface area contributed by atoms with Gasteiger partial charge in [0.2, 0.25) is 0 Å². The predicted octanol–water partition coefficient (Wildman–Crippen LogP) is 2.98. The number of imidazole rings is 1. The minimum atomic E-state index is 0.968. The first-order valence-corrected chi connectivity index (χ1v) is 8.23. The summed E-state index contributed by atoms with van der Waals surface area (Å²) in [5.74, 6) is 0.968. The van der Waals surface area contributed by atoms with Gasteiger partial charge < -0.3 is 9.88 Å². The monoisotopic (exact) mass is 306 g/mol. The minimum Gasteiger partial charge on any atom is -0.338 e. The summed E-state index contributed by atoms with van der Waals surface area (Å²) in [5, 5.41) is 0. The van der Waals surface area contributed by atoms with Crippen LogP contribution in [-0.4, -0.2) is 53.0 Å². The third kappa shape index (κ3) is 3.00. The van der Waals surface area contributed by atoms with Crippen molar-refractivity contribution in [2.45, 2.75) is 6.54 Å². The number of aromatic nitrogens is 2. The Labute approximate surface area is 136 Å². The van der Waals surface area contributed by atoms with Gasteiger partial charge >= 0.3 is 0 Å². The lowest BCUT2D eigenvalue weighted by Gasteiger charge is -2.32. The molecule has 0 unspecified atom stereocenters. The molecule has 118 valence electrons. The lowest BCUT2D eigenvalue weighted by molar-refractivity contribution is 0.148. The topological polar surface area (TPSA) is 35.2 Å². The SMILES string of the molecule is CN1CCN(Cc2ccccc2-c2nc3ccccc3[nH]2)CC1. The Morgan fingerprint density at radius 2 is 1.70 bits per heavy atom. The van der Waals surface area contributed by atoms with E-state index in [1.54, 1.807) is 0 Å². The van der Waals surface area contributed by atoms with Crippen molar-refractivity contribution in [1.82, 2.24) is 19.8 Å². The molecule has 2 heterocycles. The molecule has 0 bridgehead atoms. The fourth-order valence-corrected chi connectivity index (χ4v) is 3.22. The van der Waals surface area contributed by atoms with Crippen molar-refractivity contribution in [3.63, 3.8) is 0 Å². The Balaban J connectivity index is 1.64. The number of piperazine rings is 1. The van der Waals surface area contributed by atoms with Crippen LogP contribution in [0.25, 0.3) is 22.4 Å². The van der Waals surface area contributed by atoms with Crippen LogP contribution in [0.3, 0.4) is 0 Å². The molecule has 4 nitrogen and oxygen atoms in total. The van der Waals surface area contributed by atoms with Crippen molar-refractivity contribution in [1.29, 1.82) is 0 Å². The molecule has 4 rings (SSSR count). The van der Waals surface area contributed by atoms with Crippen LogP contribution >= 0.6 is 0 Å². The van der Waals surface area contributed by atoms with Gasteiger partial charge in [-0.3, -0.25) is 4.90 Å². The van der Waals surface area contributed by atoms with Gasteiger partial charge in [0.25, 0.3) is 0 Å². The molecule has 0 saturated carbocycles. The molecule has 0 atom stereocenters. The average Bonchev–Trinajstić information content (AvgIpc) is 3.01. The molecule has 0 spiro atoms.